The molecule has 0 spiro atoms. The van der Waals surface area contributed by atoms with Crippen molar-refractivity contribution in [2.24, 2.45) is 0 Å². The fraction of sp³-hybridized carbons (Fsp3) is 0.333. The van der Waals surface area contributed by atoms with Gasteiger partial charge in [0.15, 0.2) is 0 Å². The van der Waals surface area contributed by atoms with E-state index in [9.17, 15) is 0 Å². The van der Waals surface area contributed by atoms with Crippen LogP contribution in [0.25, 0.3) is 0 Å². The number of rotatable bonds is 2. The van der Waals surface area contributed by atoms with Gasteiger partial charge in [0.2, 0.25) is 0 Å². The molecular weight excluding hydrogens is 119 g/mol. The maximum Gasteiger partial charge on any atom is 0.122 e. The minimum absolute atomic E-state index is 1.21. The summed E-state index contributed by atoms with van der Waals surface area (Å²) in [7, 11) is 1.24. The first kappa shape index (κ1) is 7.39. The molecule has 0 aliphatic rings. The summed E-state index contributed by atoms with van der Waals surface area (Å²) >= 11 is 0. The van der Waals surface area contributed by atoms with Crippen molar-refractivity contribution in [1.29, 1.82) is 0 Å². The number of hydrogen-bond donors (Lipinski definition) is 0. The molecular formula is C9H13B. The quantitative estimate of drug-likeness (QED) is 0.539. The Balaban J connectivity index is 2.69. The highest BCUT2D eigenvalue weighted by molar-refractivity contribution is 6.32. The molecule has 0 saturated carbocycles. The van der Waals surface area contributed by atoms with Gasteiger partial charge in [-0.3, -0.25) is 0 Å². The molecule has 0 bridgehead atoms. The van der Waals surface area contributed by atoms with Gasteiger partial charge in [0, 0.05) is 0 Å². The lowest BCUT2D eigenvalue weighted by molar-refractivity contribution is 1.34. The smallest absolute Gasteiger partial charge is 0.0891 e. The van der Waals surface area contributed by atoms with Gasteiger partial charge in [0.05, 0.1) is 0 Å². The van der Waals surface area contributed by atoms with Crippen LogP contribution in [0.3, 0.4) is 0 Å². The number of hydrogen-bond acceptors (Lipinski definition) is 0. The second-order valence-corrected chi connectivity index (χ2v) is 2.74. The van der Waals surface area contributed by atoms with Crippen molar-refractivity contribution in [3.05, 3.63) is 35.4 Å². The van der Waals surface area contributed by atoms with Crippen LogP contribution in [0.2, 0.25) is 6.82 Å². The summed E-state index contributed by atoms with van der Waals surface area (Å²) in [4.78, 5) is 0. The molecule has 0 aliphatic heterocycles. The van der Waals surface area contributed by atoms with E-state index < -0.39 is 0 Å². The van der Waals surface area contributed by atoms with Gasteiger partial charge in [0.25, 0.3) is 0 Å². The third-order valence-corrected chi connectivity index (χ3v) is 1.66. The predicted molar refractivity (Wildman–Crippen MR) is 47.9 cm³/mol. The first-order valence-electron chi connectivity index (χ1n) is 3.88. The Kier molecular flexibility index (Phi) is 2.55. The summed E-state index contributed by atoms with van der Waals surface area (Å²) in [5.74, 6) is 0. The zero-order valence-electron chi connectivity index (χ0n) is 6.72. The van der Waals surface area contributed by atoms with E-state index in [1.165, 1.54) is 24.7 Å². The van der Waals surface area contributed by atoms with E-state index in [4.69, 9.17) is 0 Å². The zero-order valence-corrected chi connectivity index (χ0v) is 6.72. The van der Waals surface area contributed by atoms with Crippen molar-refractivity contribution >= 4 is 7.28 Å². The maximum atomic E-state index is 2.21. The lowest BCUT2D eigenvalue weighted by Gasteiger charge is -1.96. The third-order valence-electron chi connectivity index (χ3n) is 1.66. The molecule has 0 aliphatic carbocycles. The van der Waals surface area contributed by atoms with Gasteiger partial charge < -0.3 is 0 Å². The van der Waals surface area contributed by atoms with Crippen LogP contribution in [0.1, 0.15) is 11.1 Å². The summed E-state index contributed by atoms with van der Waals surface area (Å²) in [5, 5.41) is 0. The van der Waals surface area contributed by atoms with Crippen molar-refractivity contribution < 1.29 is 0 Å². The molecule has 1 aromatic carbocycles. The Morgan fingerprint density at radius 3 is 2.30 bits per heavy atom. The molecule has 0 atom stereocenters. The van der Waals surface area contributed by atoms with Crippen molar-refractivity contribution in [3.8, 4) is 0 Å². The minimum Gasteiger partial charge on any atom is -0.0891 e. The number of aryl methyl sites for hydroxylation is 1. The van der Waals surface area contributed by atoms with Gasteiger partial charge in [-0.1, -0.05) is 48.5 Å². The van der Waals surface area contributed by atoms with Gasteiger partial charge in [-0.15, -0.1) is 0 Å². The lowest BCUT2D eigenvalue weighted by atomic mass is 9.75. The average molecular weight is 132 g/mol. The van der Waals surface area contributed by atoms with Crippen molar-refractivity contribution in [2.75, 3.05) is 0 Å². The van der Waals surface area contributed by atoms with E-state index in [-0.39, 0.29) is 0 Å². The minimum atomic E-state index is 1.21. The highest BCUT2D eigenvalue weighted by Crippen LogP contribution is 2.02. The largest absolute Gasteiger partial charge is 0.122 e. The summed E-state index contributed by atoms with van der Waals surface area (Å²) in [6, 6.07) is 8.76. The Morgan fingerprint density at radius 1 is 1.20 bits per heavy atom. The van der Waals surface area contributed by atoms with Gasteiger partial charge in [-0.2, -0.15) is 0 Å². The monoisotopic (exact) mass is 132 g/mol. The maximum absolute atomic E-state index is 2.21. The van der Waals surface area contributed by atoms with Crippen LogP contribution in [0.4, 0.5) is 0 Å². The molecule has 52 valence electrons. The van der Waals surface area contributed by atoms with Crippen LogP contribution in [0.15, 0.2) is 24.3 Å². The van der Waals surface area contributed by atoms with Crippen LogP contribution in [-0.4, -0.2) is 7.28 Å². The number of benzene rings is 1. The highest BCUT2D eigenvalue weighted by atomic mass is 13.9. The van der Waals surface area contributed by atoms with Crippen LogP contribution < -0.4 is 0 Å². The Labute approximate surface area is 63.5 Å². The molecule has 0 aromatic heterocycles. The summed E-state index contributed by atoms with van der Waals surface area (Å²) < 4.78 is 0. The zero-order chi connectivity index (χ0) is 7.40. The van der Waals surface area contributed by atoms with E-state index in [2.05, 4.69) is 38.0 Å². The molecule has 0 N–H and O–H groups in total. The predicted octanol–water partition coefficient (Wildman–Crippen LogP) is 1.98. The van der Waals surface area contributed by atoms with Crippen LogP contribution in [0, 0.1) is 6.92 Å². The van der Waals surface area contributed by atoms with Gasteiger partial charge in [0.1, 0.15) is 7.28 Å². The molecule has 0 fully saturated rings. The Hall–Kier alpha value is -0.715. The highest BCUT2D eigenvalue weighted by Gasteiger charge is 1.89. The van der Waals surface area contributed by atoms with Gasteiger partial charge in [-0.25, -0.2) is 0 Å². The van der Waals surface area contributed by atoms with Gasteiger partial charge >= 0.3 is 0 Å². The van der Waals surface area contributed by atoms with Crippen molar-refractivity contribution in [1.82, 2.24) is 0 Å². The summed E-state index contributed by atoms with van der Waals surface area (Å²) in [6.07, 6.45) is 1.21. The molecule has 0 amide bonds. The van der Waals surface area contributed by atoms with E-state index in [1.807, 2.05) is 0 Å². The SMILES string of the molecule is CBCc1ccc(C)cc1. The molecule has 0 saturated heterocycles. The van der Waals surface area contributed by atoms with Crippen LogP contribution in [-0.2, 0) is 6.32 Å². The fourth-order valence-electron chi connectivity index (χ4n) is 1.04. The van der Waals surface area contributed by atoms with Crippen LogP contribution in [0.5, 0.6) is 0 Å². The van der Waals surface area contributed by atoms with E-state index in [1.54, 1.807) is 0 Å². The molecule has 0 nitrogen and oxygen atoms in total. The lowest BCUT2D eigenvalue weighted by Crippen LogP contribution is -1.89. The Morgan fingerprint density at radius 2 is 1.80 bits per heavy atom. The molecule has 0 unspecified atom stereocenters. The second-order valence-electron chi connectivity index (χ2n) is 2.74. The molecule has 0 radical (unpaired) electrons. The van der Waals surface area contributed by atoms with Crippen molar-refractivity contribution in [2.45, 2.75) is 20.1 Å². The van der Waals surface area contributed by atoms with E-state index in [0.29, 0.717) is 0 Å². The molecule has 1 heteroatoms. The third kappa shape index (κ3) is 1.91. The first-order chi connectivity index (χ1) is 4.83. The fourth-order valence-corrected chi connectivity index (χ4v) is 1.04. The average Bonchev–Trinajstić information content (AvgIpc) is 1.95. The van der Waals surface area contributed by atoms with E-state index >= 15 is 0 Å². The summed E-state index contributed by atoms with van der Waals surface area (Å²) in [5.41, 5.74) is 2.80. The van der Waals surface area contributed by atoms with Crippen LogP contribution >= 0.6 is 0 Å². The normalized spacial score (nSPS) is 9.40. The second kappa shape index (κ2) is 3.45. The standard InChI is InChI=1S/C9H13B/c1-8-3-5-9(6-4-8)7-10-2/h3-6,10H,7H2,1-2H3. The molecule has 1 aromatic rings. The van der Waals surface area contributed by atoms with Gasteiger partial charge in [-0.05, 0) is 6.92 Å². The summed E-state index contributed by atoms with van der Waals surface area (Å²) in [6.45, 7) is 4.33. The first-order valence-corrected chi connectivity index (χ1v) is 3.88. The molecule has 10 heavy (non-hydrogen) atoms. The van der Waals surface area contributed by atoms with E-state index in [0.717, 1.165) is 0 Å². The Bertz CT molecular complexity index is 188. The molecule has 0 heterocycles. The molecule has 1 rings (SSSR count). The van der Waals surface area contributed by atoms with Crippen molar-refractivity contribution in [3.63, 3.8) is 0 Å². The topological polar surface area (TPSA) is 0 Å².